The highest BCUT2D eigenvalue weighted by atomic mass is 16.5. The van der Waals surface area contributed by atoms with E-state index >= 15 is 0 Å². The fourth-order valence-corrected chi connectivity index (χ4v) is 2.81. The van der Waals surface area contributed by atoms with E-state index in [4.69, 9.17) is 4.74 Å². The van der Waals surface area contributed by atoms with E-state index in [1.54, 1.807) is 7.11 Å². The van der Waals surface area contributed by atoms with Crippen molar-refractivity contribution in [3.05, 3.63) is 36.4 Å². The summed E-state index contributed by atoms with van der Waals surface area (Å²) >= 11 is 0. The average molecular weight is 311 g/mol. The fourth-order valence-electron chi connectivity index (χ4n) is 2.81. The minimum atomic E-state index is 0.656. The molecule has 0 bridgehead atoms. The summed E-state index contributed by atoms with van der Waals surface area (Å²) in [5.74, 6) is 1.78. The first kappa shape index (κ1) is 13.7. The van der Waals surface area contributed by atoms with Crippen LogP contribution in [-0.4, -0.2) is 58.5 Å². The number of nitrogens with zero attached hydrogens (tertiary/aromatic N) is 7. The van der Waals surface area contributed by atoms with Gasteiger partial charge in [0.25, 0.3) is 0 Å². The molecule has 0 saturated carbocycles. The highest BCUT2D eigenvalue weighted by molar-refractivity contribution is 5.53. The van der Waals surface area contributed by atoms with Gasteiger partial charge >= 0.3 is 0 Å². The van der Waals surface area contributed by atoms with Crippen molar-refractivity contribution in [2.75, 3.05) is 43.1 Å². The highest BCUT2D eigenvalue weighted by Gasteiger charge is 2.19. The fraction of sp³-hybridized carbons (Fsp3) is 0.333. The molecular weight excluding hydrogens is 294 g/mol. The summed E-state index contributed by atoms with van der Waals surface area (Å²) in [6.45, 7) is 3.67. The highest BCUT2D eigenvalue weighted by Crippen LogP contribution is 2.23. The summed E-state index contributed by atoms with van der Waals surface area (Å²) in [6.07, 6.45) is 0. The first-order valence-corrected chi connectivity index (χ1v) is 7.53. The number of fused-ring (bicyclic) bond motifs is 1. The van der Waals surface area contributed by atoms with Crippen molar-refractivity contribution >= 4 is 17.2 Å². The molecule has 0 N–H and O–H groups in total. The number of rotatable bonds is 3. The maximum Gasteiger partial charge on any atom is 0.200 e. The largest absolute Gasteiger partial charge is 0.497 e. The van der Waals surface area contributed by atoms with Gasteiger partial charge in [0.1, 0.15) is 5.75 Å². The summed E-state index contributed by atoms with van der Waals surface area (Å²) in [7, 11) is 1.69. The van der Waals surface area contributed by atoms with Crippen LogP contribution in [0.25, 0.3) is 5.65 Å². The molecule has 8 nitrogen and oxygen atoms in total. The van der Waals surface area contributed by atoms with E-state index in [1.807, 2.05) is 24.3 Å². The van der Waals surface area contributed by atoms with Gasteiger partial charge in [-0.25, -0.2) is 0 Å². The zero-order valence-corrected chi connectivity index (χ0v) is 12.8. The number of methoxy groups -OCH3 is 1. The maximum atomic E-state index is 5.30. The lowest BCUT2D eigenvalue weighted by molar-refractivity contribution is 0.414. The van der Waals surface area contributed by atoms with Gasteiger partial charge in [-0.1, -0.05) is 6.07 Å². The molecule has 0 radical (unpaired) electrons. The van der Waals surface area contributed by atoms with Gasteiger partial charge in [0.15, 0.2) is 11.5 Å². The van der Waals surface area contributed by atoms with Gasteiger partial charge in [0, 0.05) is 37.9 Å². The molecule has 2 aromatic heterocycles. The first-order chi connectivity index (χ1) is 11.3. The second-order valence-electron chi connectivity index (χ2n) is 5.39. The Morgan fingerprint density at radius 2 is 1.83 bits per heavy atom. The molecule has 1 aliphatic heterocycles. The monoisotopic (exact) mass is 311 g/mol. The molecule has 1 saturated heterocycles. The summed E-state index contributed by atoms with van der Waals surface area (Å²) < 4.78 is 6.76. The molecule has 0 unspecified atom stereocenters. The third-order valence-corrected chi connectivity index (χ3v) is 4.08. The second kappa shape index (κ2) is 5.71. The standard InChI is InChI=1S/C15H17N7O/c1-23-13-4-2-3-12(11-13)20-7-9-21(10-8-20)15-6-5-14-16-18-19-22(14)17-15/h2-6,11H,7-10H2,1H3. The molecule has 8 heteroatoms. The van der Waals surface area contributed by atoms with Gasteiger partial charge in [-0.15, -0.1) is 14.8 Å². The number of ether oxygens (including phenoxy) is 1. The normalized spacial score (nSPS) is 15.2. The van der Waals surface area contributed by atoms with E-state index in [0.29, 0.717) is 5.65 Å². The molecule has 3 heterocycles. The number of anilines is 2. The number of benzene rings is 1. The van der Waals surface area contributed by atoms with Crippen LogP contribution < -0.4 is 14.5 Å². The molecule has 0 amide bonds. The van der Waals surface area contributed by atoms with Crippen LogP contribution in [0.5, 0.6) is 5.75 Å². The van der Waals surface area contributed by atoms with Crippen molar-refractivity contribution < 1.29 is 4.74 Å². The quantitative estimate of drug-likeness (QED) is 0.710. The Morgan fingerprint density at radius 3 is 2.65 bits per heavy atom. The van der Waals surface area contributed by atoms with Crippen LogP contribution in [0.1, 0.15) is 0 Å². The van der Waals surface area contributed by atoms with Crippen molar-refractivity contribution in [1.29, 1.82) is 0 Å². The third-order valence-electron chi connectivity index (χ3n) is 4.08. The molecule has 0 spiro atoms. The first-order valence-electron chi connectivity index (χ1n) is 7.53. The van der Waals surface area contributed by atoms with Crippen LogP contribution in [0, 0.1) is 0 Å². The second-order valence-corrected chi connectivity index (χ2v) is 5.39. The SMILES string of the molecule is COc1cccc(N2CCN(c3ccc4nnnn4n3)CC2)c1. The van der Waals surface area contributed by atoms with Gasteiger partial charge < -0.3 is 14.5 Å². The van der Waals surface area contributed by atoms with Crippen molar-refractivity contribution in [2.24, 2.45) is 0 Å². The summed E-state index contributed by atoms with van der Waals surface area (Å²) in [6, 6.07) is 12.0. The Morgan fingerprint density at radius 1 is 1.00 bits per heavy atom. The Bertz CT molecular complexity index is 810. The lowest BCUT2D eigenvalue weighted by atomic mass is 10.2. The molecule has 0 aliphatic carbocycles. The van der Waals surface area contributed by atoms with Gasteiger partial charge in [-0.05, 0) is 34.7 Å². The molecule has 118 valence electrons. The Hall–Kier alpha value is -2.90. The maximum absolute atomic E-state index is 5.30. The number of piperazine rings is 1. The number of aromatic nitrogens is 5. The smallest absolute Gasteiger partial charge is 0.200 e. The van der Waals surface area contributed by atoms with Gasteiger partial charge in [-0.3, -0.25) is 0 Å². The van der Waals surface area contributed by atoms with E-state index in [0.717, 1.165) is 37.7 Å². The van der Waals surface area contributed by atoms with E-state index < -0.39 is 0 Å². The van der Waals surface area contributed by atoms with Gasteiger partial charge in [0.05, 0.1) is 7.11 Å². The summed E-state index contributed by atoms with van der Waals surface area (Å²) in [5.41, 5.74) is 1.84. The Balaban J connectivity index is 1.47. The predicted molar refractivity (Wildman–Crippen MR) is 86.0 cm³/mol. The zero-order chi connectivity index (χ0) is 15.6. The molecule has 23 heavy (non-hydrogen) atoms. The van der Waals surface area contributed by atoms with Gasteiger partial charge in [-0.2, -0.15) is 0 Å². The van der Waals surface area contributed by atoms with Crippen LogP contribution in [0.15, 0.2) is 36.4 Å². The lowest BCUT2D eigenvalue weighted by Gasteiger charge is -2.36. The summed E-state index contributed by atoms with van der Waals surface area (Å²) in [5, 5.41) is 15.8. The predicted octanol–water partition coefficient (Wildman–Crippen LogP) is 0.854. The van der Waals surface area contributed by atoms with Crippen LogP contribution in [0.3, 0.4) is 0 Å². The number of hydrogen-bond acceptors (Lipinski definition) is 7. The molecule has 1 fully saturated rings. The molecular formula is C15H17N7O. The van der Waals surface area contributed by atoms with Crippen LogP contribution in [0.2, 0.25) is 0 Å². The van der Waals surface area contributed by atoms with E-state index in [1.165, 1.54) is 10.3 Å². The van der Waals surface area contributed by atoms with Gasteiger partial charge in [0.2, 0.25) is 0 Å². The molecule has 0 atom stereocenters. The summed E-state index contributed by atoms with van der Waals surface area (Å²) in [4.78, 5) is 4.60. The molecule has 1 aliphatic rings. The Kier molecular flexibility index (Phi) is 3.41. The number of hydrogen-bond donors (Lipinski definition) is 0. The third kappa shape index (κ3) is 2.63. The lowest BCUT2D eigenvalue weighted by Crippen LogP contribution is -2.47. The average Bonchev–Trinajstić information content (AvgIpc) is 3.09. The van der Waals surface area contributed by atoms with E-state index in [-0.39, 0.29) is 0 Å². The Labute approximate surface area is 133 Å². The van der Waals surface area contributed by atoms with E-state index in [9.17, 15) is 0 Å². The van der Waals surface area contributed by atoms with Crippen molar-refractivity contribution in [2.45, 2.75) is 0 Å². The molecule has 3 aromatic rings. The van der Waals surface area contributed by atoms with Crippen molar-refractivity contribution in [3.63, 3.8) is 0 Å². The van der Waals surface area contributed by atoms with Crippen LogP contribution in [-0.2, 0) is 0 Å². The van der Waals surface area contributed by atoms with E-state index in [2.05, 4.69) is 42.6 Å². The minimum absolute atomic E-state index is 0.656. The van der Waals surface area contributed by atoms with Crippen LogP contribution in [0.4, 0.5) is 11.5 Å². The topological polar surface area (TPSA) is 71.7 Å². The molecule has 1 aromatic carbocycles. The zero-order valence-electron chi connectivity index (χ0n) is 12.8. The van der Waals surface area contributed by atoms with Crippen LogP contribution >= 0.6 is 0 Å². The minimum Gasteiger partial charge on any atom is -0.497 e. The molecule has 4 rings (SSSR count). The van der Waals surface area contributed by atoms with Crippen molar-refractivity contribution in [1.82, 2.24) is 25.3 Å². The number of tetrazole rings is 1. The van der Waals surface area contributed by atoms with Crippen molar-refractivity contribution in [3.8, 4) is 5.75 Å².